The molecule has 0 saturated carbocycles. The minimum absolute atomic E-state index is 0.605. The smallest absolute Gasteiger partial charge is 0.142 e. The van der Waals surface area contributed by atoms with Gasteiger partial charge in [0.25, 0.3) is 0 Å². The van der Waals surface area contributed by atoms with E-state index in [9.17, 15) is 0 Å². The Morgan fingerprint density at radius 3 is 2.63 bits per heavy atom. The van der Waals surface area contributed by atoms with Gasteiger partial charge in [-0.15, -0.1) is 0 Å². The summed E-state index contributed by atoms with van der Waals surface area (Å²) in [4.78, 5) is 0. The number of ether oxygens (including phenoxy) is 1. The van der Waals surface area contributed by atoms with Gasteiger partial charge >= 0.3 is 0 Å². The summed E-state index contributed by atoms with van der Waals surface area (Å²) in [6.07, 6.45) is 0. The third-order valence-corrected chi connectivity index (χ3v) is 2.79. The van der Waals surface area contributed by atoms with Gasteiger partial charge in [0.15, 0.2) is 0 Å². The van der Waals surface area contributed by atoms with Crippen molar-refractivity contribution < 1.29 is 4.74 Å². The van der Waals surface area contributed by atoms with Gasteiger partial charge < -0.3 is 10.1 Å². The van der Waals surface area contributed by atoms with Crippen LogP contribution in [0.5, 0.6) is 5.75 Å². The van der Waals surface area contributed by atoms with Gasteiger partial charge in [0.2, 0.25) is 0 Å². The van der Waals surface area contributed by atoms with Gasteiger partial charge in [-0.05, 0) is 30.7 Å². The first kappa shape index (κ1) is 13.0. The lowest BCUT2D eigenvalue weighted by molar-refractivity contribution is 0.341. The van der Waals surface area contributed by atoms with Crippen molar-refractivity contribution in [3.8, 4) is 11.8 Å². The highest BCUT2D eigenvalue weighted by molar-refractivity contribution is 5.56. The van der Waals surface area contributed by atoms with Gasteiger partial charge in [-0.2, -0.15) is 5.26 Å². The molecular weight excluding hydrogens is 236 g/mol. The van der Waals surface area contributed by atoms with Gasteiger partial charge in [0.1, 0.15) is 5.75 Å². The van der Waals surface area contributed by atoms with E-state index in [4.69, 9.17) is 10.00 Å². The zero-order valence-electron chi connectivity index (χ0n) is 10.9. The number of hydrogen-bond donors (Lipinski definition) is 1. The molecule has 2 aromatic carbocycles. The number of benzene rings is 2. The number of nitrogens with zero attached hydrogens (tertiary/aromatic N) is 1. The van der Waals surface area contributed by atoms with Crippen LogP contribution >= 0.6 is 0 Å². The van der Waals surface area contributed by atoms with Crippen molar-refractivity contribution in [1.29, 1.82) is 5.26 Å². The molecule has 0 aliphatic carbocycles. The largest absolute Gasteiger partial charge is 0.492 e. The first-order valence-corrected chi connectivity index (χ1v) is 6.29. The molecular formula is C16H16N2O. The Morgan fingerprint density at radius 2 is 1.84 bits per heavy atom. The van der Waals surface area contributed by atoms with Crippen LogP contribution < -0.4 is 10.1 Å². The highest BCUT2D eigenvalue weighted by Gasteiger charge is 2.04. The zero-order chi connectivity index (χ0) is 13.5. The SMILES string of the molecule is CCOc1ccccc1NCc1ccccc1C#N. The molecule has 1 N–H and O–H groups in total. The van der Waals surface area contributed by atoms with Gasteiger partial charge in [-0.25, -0.2) is 0 Å². The van der Waals surface area contributed by atoms with E-state index in [1.165, 1.54) is 0 Å². The molecule has 96 valence electrons. The number of para-hydroxylation sites is 2. The first-order chi connectivity index (χ1) is 9.35. The highest BCUT2D eigenvalue weighted by Crippen LogP contribution is 2.24. The lowest BCUT2D eigenvalue weighted by Gasteiger charge is -2.12. The molecule has 0 spiro atoms. The number of nitriles is 1. The zero-order valence-corrected chi connectivity index (χ0v) is 10.9. The van der Waals surface area contributed by atoms with Crippen molar-refractivity contribution in [2.75, 3.05) is 11.9 Å². The van der Waals surface area contributed by atoms with Crippen molar-refractivity contribution >= 4 is 5.69 Å². The molecule has 0 amide bonds. The van der Waals surface area contributed by atoms with E-state index in [-0.39, 0.29) is 0 Å². The van der Waals surface area contributed by atoms with Crippen molar-refractivity contribution in [3.05, 3.63) is 59.7 Å². The topological polar surface area (TPSA) is 45.0 Å². The molecule has 3 nitrogen and oxygen atoms in total. The Bertz CT molecular complexity index is 587. The second-order valence-corrected chi connectivity index (χ2v) is 4.05. The van der Waals surface area contributed by atoms with E-state index in [1.54, 1.807) is 0 Å². The van der Waals surface area contributed by atoms with E-state index in [0.717, 1.165) is 17.0 Å². The third kappa shape index (κ3) is 3.26. The van der Waals surface area contributed by atoms with Crippen LogP contribution in [0.2, 0.25) is 0 Å². The minimum Gasteiger partial charge on any atom is -0.492 e. The summed E-state index contributed by atoms with van der Waals surface area (Å²) in [6, 6.07) is 17.6. The lowest BCUT2D eigenvalue weighted by Crippen LogP contribution is -2.04. The van der Waals surface area contributed by atoms with Crippen molar-refractivity contribution in [1.82, 2.24) is 0 Å². The van der Waals surface area contributed by atoms with E-state index in [1.807, 2.05) is 55.5 Å². The van der Waals surface area contributed by atoms with Crippen molar-refractivity contribution in [2.45, 2.75) is 13.5 Å². The van der Waals surface area contributed by atoms with Crippen LogP contribution in [0.4, 0.5) is 5.69 Å². The summed E-state index contributed by atoms with van der Waals surface area (Å²) in [5, 5.41) is 12.4. The summed E-state index contributed by atoms with van der Waals surface area (Å²) in [5.74, 6) is 0.833. The average molecular weight is 252 g/mol. The van der Waals surface area contributed by atoms with Gasteiger partial charge in [0.05, 0.1) is 23.9 Å². The number of nitrogens with one attached hydrogen (secondary N) is 1. The normalized spacial score (nSPS) is 9.68. The van der Waals surface area contributed by atoms with Crippen LogP contribution in [0, 0.1) is 11.3 Å². The summed E-state index contributed by atoms with van der Waals surface area (Å²) in [5.41, 5.74) is 2.62. The Labute approximate surface area is 113 Å². The first-order valence-electron chi connectivity index (χ1n) is 6.29. The molecule has 0 saturated heterocycles. The van der Waals surface area contributed by atoms with Gasteiger partial charge in [-0.3, -0.25) is 0 Å². The van der Waals surface area contributed by atoms with Gasteiger partial charge in [0, 0.05) is 6.54 Å². The number of hydrogen-bond acceptors (Lipinski definition) is 3. The molecule has 2 aromatic rings. The fourth-order valence-electron chi connectivity index (χ4n) is 1.87. The Kier molecular flexibility index (Phi) is 4.41. The Balaban J connectivity index is 2.13. The summed E-state index contributed by atoms with van der Waals surface area (Å²) in [7, 11) is 0. The third-order valence-electron chi connectivity index (χ3n) is 2.79. The molecule has 3 heteroatoms. The second-order valence-electron chi connectivity index (χ2n) is 4.05. The minimum atomic E-state index is 0.605. The highest BCUT2D eigenvalue weighted by atomic mass is 16.5. The fraction of sp³-hybridized carbons (Fsp3) is 0.188. The second kappa shape index (κ2) is 6.46. The fourth-order valence-corrected chi connectivity index (χ4v) is 1.87. The molecule has 19 heavy (non-hydrogen) atoms. The molecule has 2 rings (SSSR count). The lowest BCUT2D eigenvalue weighted by atomic mass is 10.1. The molecule has 0 bridgehead atoms. The Morgan fingerprint density at radius 1 is 1.11 bits per heavy atom. The van der Waals surface area contributed by atoms with Crippen LogP contribution in [0.25, 0.3) is 0 Å². The van der Waals surface area contributed by atoms with Crippen LogP contribution in [0.1, 0.15) is 18.1 Å². The summed E-state index contributed by atoms with van der Waals surface area (Å²) in [6.45, 7) is 3.20. The molecule has 0 aliphatic heterocycles. The van der Waals surface area contributed by atoms with Crippen LogP contribution in [0.15, 0.2) is 48.5 Å². The maximum absolute atomic E-state index is 9.05. The number of rotatable bonds is 5. The molecule has 0 heterocycles. The molecule has 0 unspecified atom stereocenters. The van der Waals surface area contributed by atoms with Crippen molar-refractivity contribution in [2.24, 2.45) is 0 Å². The maximum Gasteiger partial charge on any atom is 0.142 e. The predicted molar refractivity (Wildman–Crippen MR) is 76.1 cm³/mol. The van der Waals surface area contributed by atoms with Gasteiger partial charge in [-0.1, -0.05) is 30.3 Å². The molecule has 0 aromatic heterocycles. The van der Waals surface area contributed by atoms with Crippen LogP contribution in [-0.4, -0.2) is 6.61 Å². The standard InChI is InChI=1S/C16H16N2O/c1-2-19-16-10-6-5-9-15(16)18-12-14-8-4-3-7-13(14)11-17/h3-10,18H,2,12H2,1H3. The van der Waals surface area contributed by atoms with E-state index in [0.29, 0.717) is 18.7 Å². The molecule has 0 radical (unpaired) electrons. The molecule has 0 aliphatic rings. The molecule has 0 fully saturated rings. The molecule has 0 atom stereocenters. The van der Waals surface area contributed by atoms with E-state index < -0.39 is 0 Å². The quantitative estimate of drug-likeness (QED) is 0.884. The summed E-state index contributed by atoms with van der Waals surface area (Å²) < 4.78 is 5.55. The summed E-state index contributed by atoms with van der Waals surface area (Å²) >= 11 is 0. The maximum atomic E-state index is 9.05. The Hall–Kier alpha value is -2.47. The number of anilines is 1. The van der Waals surface area contributed by atoms with E-state index >= 15 is 0 Å². The van der Waals surface area contributed by atoms with Crippen LogP contribution in [0.3, 0.4) is 0 Å². The predicted octanol–water partition coefficient (Wildman–Crippen LogP) is 3.57. The van der Waals surface area contributed by atoms with Crippen LogP contribution in [-0.2, 0) is 6.54 Å². The monoisotopic (exact) mass is 252 g/mol. The van der Waals surface area contributed by atoms with Crippen molar-refractivity contribution in [3.63, 3.8) is 0 Å². The van der Waals surface area contributed by atoms with E-state index in [2.05, 4.69) is 11.4 Å². The average Bonchev–Trinajstić information content (AvgIpc) is 2.47.